The zero-order valence-corrected chi connectivity index (χ0v) is 12.3. The van der Waals surface area contributed by atoms with Gasteiger partial charge in [-0.25, -0.2) is 9.67 Å². The van der Waals surface area contributed by atoms with Gasteiger partial charge in [0, 0.05) is 18.5 Å². The van der Waals surface area contributed by atoms with Crippen LogP contribution >= 0.6 is 0 Å². The van der Waals surface area contributed by atoms with Gasteiger partial charge >= 0.3 is 0 Å². The molecule has 2 N–H and O–H groups in total. The average molecular weight is 266 g/mol. The van der Waals surface area contributed by atoms with Crippen LogP contribution in [-0.2, 0) is 6.42 Å². The molecule has 0 atom stereocenters. The quantitative estimate of drug-likeness (QED) is 0.851. The second kappa shape index (κ2) is 6.01. The Hall–Kier alpha value is -0.940. The van der Waals surface area contributed by atoms with Crippen molar-refractivity contribution < 1.29 is 5.11 Å². The fraction of sp³-hybridized carbons (Fsp3) is 0.857. The third-order valence-electron chi connectivity index (χ3n) is 4.03. The van der Waals surface area contributed by atoms with Crippen molar-refractivity contribution in [2.24, 2.45) is 0 Å². The lowest BCUT2D eigenvalue weighted by atomic mass is 9.80. The van der Waals surface area contributed by atoms with Crippen molar-refractivity contribution in [3.63, 3.8) is 0 Å². The maximum absolute atomic E-state index is 10.7. The van der Waals surface area contributed by atoms with E-state index in [0.717, 1.165) is 38.1 Å². The van der Waals surface area contributed by atoms with Gasteiger partial charge < -0.3 is 10.4 Å². The predicted molar refractivity (Wildman–Crippen MR) is 75.0 cm³/mol. The maximum atomic E-state index is 10.7. The van der Waals surface area contributed by atoms with Gasteiger partial charge in [0.05, 0.1) is 5.60 Å². The molecule has 1 saturated carbocycles. The summed E-state index contributed by atoms with van der Waals surface area (Å²) in [6.45, 7) is 7.31. The molecular weight excluding hydrogens is 240 g/mol. The average Bonchev–Trinajstić information content (AvgIpc) is 2.80. The molecule has 1 heterocycles. The lowest BCUT2D eigenvalue weighted by molar-refractivity contribution is -0.00559. The van der Waals surface area contributed by atoms with Crippen LogP contribution in [0.4, 0.5) is 0 Å². The summed E-state index contributed by atoms with van der Waals surface area (Å²) in [5.41, 5.74) is -0.606. The number of nitrogens with one attached hydrogen (secondary N) is 1. The van der Waals surface area contributed by atoms with E-state index in [-0.39, 0.29) is 0 Å². The van der Waals surface area contributed by atoms with Crippen LogP contribution < -0.4 is 5.32 Å². The number of rotatable bonds is 5. The van der Waals surface area contributed by atoms with Crippen LogP contribution in [0.5, 0.6) is 0 Å². The molecule has 0 bridgehead atoms. The molecule has 1 fully saturated rings. The smallest absolute Gasteiger partial charge is 0.138 e. The van der Waals surface area contributed by atoms with Crippen LogP contribution in [0.25, 0.3) is 0 Å². The summed E-state index contributed by atoms with van der Waals surface area (Å²) in [6, 6.07) is 0.854. The van der Waals surface area contributed by atoms with Gasteiger partial charge in [-0.3, -0.25) is 0 Å². The first kappa shape index (κ1) is 14.5. The molecule has 5 nitrogen and oxygen atoms in total. The molecule has 0 aliphatic heterocycles. The van der Waals surface area contributed by atoms with Crippen molar-refractivity contribution in [3.05, 3.63) is 12.2 Å². The van der Waals surface area contributed by atoms with E-state index in [0.29, 0.717) is 18.5 Å². The molecule has 1 aliphatic carbocycles. The molecule has 0 saturated heterocycles. The molecule has 1 aromatic rings. The van der Waals surface area contributed by atoms with E-state index >= 15 is 0 Å². The van der Waals surface area contributed by atoms with Crippen LogP contribution in [0, 0.1) is 0 Å². The molecule has 0 spiro atoms. The van der Waals surface area contributed by atoms with Gasteiger partial charge in [-0.15, -0.1) is 0 Å². The summed E-state index contributed by atoms with van der Waals surface area (Å²) in [5.74, 6) is 0.902. The largest absolute Gasteiger partial charge is 0.389 e. The van der Waals surface area contributed by atoms with E-state index in [9.17, 15) is 5.11 Å². The highest BCUT2D eigenvalue weighted by Gasteiger charge is 2.34. The van der Waals surface area contributed by atoms with Gasteiger partial charge in [-0.2, -0.15) is 5.10 Å². The van der Waals surface area contributed by atoms with Crippen molar-refractivity contribution in [1.29, 1.82) is 0 Å². The van der Waals surface area contributed by atoms with Gasteiger partial charge in [0.15, 0.2) is 0 Å². The van der Waals surface area contributed by atoms with E-state index in [1.54, 1.807) is 6.33 Å². The molecular formula is C14H26N4O. The summed E-state index contributed by atoms with van der Waals surface area (Å²) in [4.78, 5) is 4.31. The number of hydrogen-bond acceptors (Lipinski definition) is 4. The zero-order chi connectivity index (χ0) is 13.9. The molecule has 2 rings (SSSR count). The van der Waals surface area contributed by atoms with E-state index in [2.05, 4.69) is 36.2 Å². The SMILES string of the molecule is CCNC1CCC(O)(Cc2ncnn2C(C)C)CC1. The Balaban J connectivity index is 1.97. The highest BCUT2D eigenvalue weighted by atomic mass is 16.3. The first-order chi connectivity index (χ1) is 9.04. The lowest BCUT2D eigenvalue weighted by Crippen LogP contribution is -2.43. The Kier molecular flexibility index (Phi) is 4.58. The van der Waals surface area contributed by atoms with Crippen molar-refractivity contribution in [1.82, 2.24) is 20.1 Å². The summed E-state index contributed by atoms with van der Waals surface area (Å²) < 4.78 is 1.91. The minimum atomic E-state index is -0.606. The van der Waals surface area contributed by atoms with E-state index in [4.69, 9.17) is 0 Å². The molecule has 0 radical (unpaired) electrons. The Morgan fingerprint density at radius 1 is 1.47 bits per heavy atom. The number of aromatic nitrogens is 3. The minimum Gasteiger partial charge on any atom is -0.389 e. The van der Waals surface area contributed by atoms with Crippen LogP contribution in [0.1, 0.15) is 58.3 Å². The van der Waals surface area contributed by atoms with Crippen molar-refractivity contribution >= 4 is 0 Å². The second-order valence-electron chi connectivity index (χ2n) is 5.95. The normalized spacial score (nSPS) is 27.9. The van der Waals surface area contributed by atoms with Gasteiger partial charge in [-0.05, 0) is 46.1 Å². The molecule has 19 heavy (non-hydrogen) atoms. The van der Waals surface area contributed by atoms with E-state index in [1.807, 2.05) is 4.68 Å². The molecule has 1 aromatic heterocycles. The van der Waals surface area contributed by atoms with Crippen molar-refractivity contribution in [3.8, 4) is 0 Å². The molecule has 0 amide bonds. The Morgan fingerprint density at radius 3 is 2.74 bits per heavy atom. The van der Waals surface area contributed by atoms with Gasteiger partial charge in [0.1, 0.15) is 12.2 Å². The highest BCUT2D eigenvalue weighted by Crippen LogP contribution is 2.31. The molecule has 1 aliphatic rings. The third kappa shape index (κ3) is 3.54. The summed E-state index contributed by atoms with van der Waals surface area (Å²) >= 11 is 0. The van der Waals surface area contributed by atoms with Crippen LogP contribution in [0.2, 0.25) is 0 Å². The zero-order valence-electron chi connectivity index (χ0n) is 12.3. The number of nitrogens with zero attached hydrogens (tertiary/aromatic N) is 3. The van der Waals surface area contributed by atoms with Crippen LogP contribution in [-0.4, -0.2) is 38.1 Å². The van der Waals surface area contributed by atoms with Gasteiger partial charge in [0.2, 0.25) is 0 Å². The Labute approximate surface area is 115 Å². The first-order valence-corrected chi connectivity index (χ1v) is 7.38. The predicted octanol–water partition coefficient (Wildman–Crippen LogP) is 1.68. The fourth-order valence-electron chi connectivity index (χ4n) is 2.95. The maximum Gasteiger partial charge on any atom is 0.138 e. The lowest BCUT2D eigenvalue weighted by Gasteiger charge is -2.36. The van der Waals surface area contributed by atoms with Crippen LogP contribution in [0.3, 0.4) is 0 Å². The fourth-order valence-corrected chi connectivity index (χ4v) is 2.95. The highest BCUT2D eigenvalue weighted by molar-refractivity contribution is 4.98. The van der Waals surface area contributed by atoms with Crippen molar-refractivity contribution in [2.75, 3.05) is 6.54 Å². The van der Waals surface area contributed by atoms with Crippen molar-refractivity contribution in [2.45, 2.75) is 70.6 Å². The van der Waals surface area contributed by atoms with E-state index in [1.165, 1.54) is 0 Å². The molecule has 0 aromatic carbocycles. The van der Waals surface area contributed by atoms with Crippen LogP contribution in [0.15, 0.2) is 6.33 Å². The summed E-state index contributed by atoms with van der Waals surface area (Å²) in [6.07, 6.45) is 5.97. The molecule has 5 heteroatoms. The minimum absolute atomic E-state index is 0.291. The van der Waals surface area contributed by atoms with Gasteiger partial charge in [0.25, 0.3) is 0 Å². The molecule has 0 unspecified atom stereocenters. The number of aliphatic hydroxyl groups is 1. The summed E-state index contributed by atoms with van der Waals surface area (Å²) in [7, 11) is 0. The first-order valence-electron chi connectivity index (χ1n) is 7.38. The third-order valence-corrected chi connectivity index (χ3v) is 4.03. The monoisotopic (exact) mass is 266 g/mol. The Bertz CT molecular complexity index is 394. The molecule has 108 valence electrons. The summed E-state index contributed by atoms with van der Waals surface area (Å²) in [5, 5.41) is 18.4. The van der Waals surface area contributed by atoms with E-state index < -0.39 is 5.60 Å². The standard InChI is InChI=1S/C14H26N4O/c1-4-15-12-5-7-14(19,8-6-12)9-13-16-10-17-18(13)11(2)3/h10-12,15,19H,4-9H2,1-3H3. The second-order valence-corrected chi connectivity index (χ2v) is 5.95. The Morgan fingerprint density at radius 2 is 2.16 bits per heavy atom. The van der Waals surface area contributed by atoms with Gasteiger partial charge in [-0.1, -0.05) is 6.92 Å². The number of hydrogen-bond donors (Lipinski definition) is 2. The topological polar surface area (TPSA) is 63.0 Å².